The van der Waals surface area contributed by atoms with E-state index in [1.54, 1.807) is 0 Å². The van der Waals surface area contributed by atoms with Gasteiger partial charge in [0.2, 0.25) is 0 Å². The second-order valence-electron chi connectivity index (χ2n) is 1.92. The molecule has 2 fully saturated rings. The minimum Gasteiger partial charge on any atom is -0.358 e. The summed E-state index contributed by atoms with van der Waals surface area (Å²) in [6.07, 6.45) is 20.0. The van der Waals surface area contributed by atoms with E-state index < -0.39 is 0 Å². The van der Waals surface area contributed by atoms with Crippen LogP contribution in [0.1, 0.15) is 0 Å². The molecule has 1 heteroatoms. The molecule has 14 heavy (non-hydrogen) atoms. The van der Waals surface area contributed by atoms with E-state index in [1.807, 2.05) is 64.2 Å². The van der Waals surface area contributed by atoms with Gasteiger partial charge in [-0.1, -0.05) is 13.8 Å². The van der Waals surface area contributed by atoms with Crippen molar-refractivity contribution in [1.82, 2.24) is 0 Å². The van der Waals surface area contributed by atoms with Gasteiger partial charge >= 0.3 is 0 Å². The van der Waals surface area contributed by atoms with Crippen LogP contribution in [0.25, 0.3) is 0 Å². The SMILES string of the molecule is [CH2][CH2].[CH3-].[CH]1[CH][CH][CH][CH]1.[CH]1[CH][CH][CH][CH]1.[Ta]. The fourth-order valence-corrected chi connectivity index (χ4v) is 0.642. The van der Waals surface area contributed by atoms with Crippen LogP contribution in [0.15, 0.2) is 0 Å². The third-order valence-electron chi connectivity index (χ3n) is 1.11. The Balaban J connectivity index is -0.000000131. The van der Waals surface area contributed by atoms with Gasteiger partial charge in [-0.3, -0.25) is 0 Å². The predicted octanol–water partition coefficient (Wildman–Crippen LogP) is 3.15. The monoisotopic (exact) mass is 354 g/mol. The van der Waals surface area contributed by atoms with Gasteiger partial charge < -0.3 is 7.43 Å². The first-order valence-corrected chi connectivity index (χ1v) is 3.83. The van der Waals surface area contributed by atoms with Crippen LogP contribution in [-0.2, 0) is 22.4 Å². The Bertz CT molecular complexity index is 38.4. The Morgan fingerprint density at radius 3 is 0.571 bits per heavy atom. The van der Waals surface area contributed by atoms with Crippen LogP contribution < -0.4 is 0 Å². The van der Waals surface area contributed by atoms with E-state index in [9.17, 15) is 0 Å². The molecule has 0 aromatic heterocycles. The Labute approximate surface area is 108 Å². The van der Waals surface area contributed by atoms with Gasteiger partial charge in [0.15, 0.2) is 0 Å². The van der Waals surface area contributed by atoms with Crippen molar-refractivity contribution in [2.45, 2.75) is 0 Å². The summed E-state index contributed by atoms with van der Waals surface area (Å²) in [4.78, 5) is 0. The van der Waals surface area contributed by atoms with Crippen LogP contribution in [0, 0.1) is 85.5 Å². The van der Waals surface area contributed by atoms with Gasteiger partial charge in [0.05, 0.1) is 0 Å². The molecular formula is C13H17Ta-. The molecular weight excluding hydrogens is 337 g/mol. The van der Waals surface area contributed by atoms with Crippen molar-refractivity contribution in [3.8, 4) is 0 Å². The normalized spacial score (nSPS) is 17.6. The first kappa shape index (κ1) is 20.2. The van der Waals surface area contributed by atoms with Crippen molar-refractivity contribution in [2.75, 3.05) is 0 Å². The van der Waals surface area contributed by atoms with E-state index in [-0.39, 0.29) is 29.8 Å². The fourth-order valence-electron chi connectivity index (χ4n) is 0.642. The van der Waals surface area contributed by atoms with Crippen molar-refractivity contribution in [3.05, 3.63) is 85.5 Å². The summed E-state index contributed by atoms with van der Waals surface area (Å²) in [5.74, 6) is 0. The fraction of sp³-hybridized carbons (Fsp3) is 0. The molecule has 0 aliphatic heterocycles. The molecule has 0 nitrogen and oxygen atoms in total. The van der Waals surface area contributed by atoms with Gasteiger partial charge in [0.25, 0.3) is 0 Å². The van der Waals surface area contributed by atoms with Crippen LogP contribution in [0.5, 0.6) is 0 Å². The summed E-state index contributed by atoms with van der Waals surface area (Å²) in [6.45, 7) is 6.00. The maximum absolute atomic E-state index is 3.00. The van der Waals surface area contributed by atoms with Crippen LogP contribution in [0.2, 0.25) is 0 Å². The van der Waals surface area contributed by atoms with E-state index in [0.717, 1.165) is 0 Å². The van der Waals surface area contributed by atoms with Crippen LogP contribution >= 0.6 is 0 Å². The Morgan fingerprint density at radius 1 is 0.429 bits per heavy atom. The van der Waals surface area contributed by atoms with Gasteiger partial charge in [0.1, 0.15) is 0 Å². The topological polar surface area (TPSA) is 0 Å². The molecule has 0 unspecified atom stereocenters. The van der Waals surface area contributed by atoms with E-state index in [0.29, 0.717) is 0 Å². The molecule has 2 aliphatic carbocycles. The minimum absolute atomic E-state index is 0. The first-order valence-electron chi connectivity index (χ1n) is 3.83. The first-order chi connectivity index (χ1) is 6.00. The maximum Gasteiger partial charge on any atom is 0 e. The minimum atomic E-state index is 0. The quantitative estimate of drug-likeness (QED) is 0.587. The summed E-state index contributed by atoms with van der Waals surface area (Å²) in [6, 6.07) is 0. The van der Waals surface area contributed by atoms with Crippen molar-refractivity contribution >= 4 is 0 Å². The number of hydrogen-bond donors (Lipinski definition) is 0. The van der Waals surface area contributed by atoms with Crippen LogP contribution in [0.3, 0.4) is 0 Å². The molecule has 2 rings (SSSR count). The zero-order valence-electron chi connectivity index (χ0n) is 8.63. The molecule has 2 saturated carbocycles. The standard InChI is InChI=1S/2C5H5.C2H4.CH3.Ta/c2*1-2-4-5-3-1;1-2;;/h2*1-5H;1-2H2;1H3;/q;;;-1;. The van der Waals surface area contributed by atoms with Gasteiger partial charge in [0, 0.05) is 22.4 Å². The average Bonchev–Trinajstić information content (AvgIpc) is 2.87. The smallest absolute Gasteiger partial charge is 0 e. The van der Waals surface area contributed by atoms with Crippen LogP contribution in [-0.4, -0.2) is 0 Å². The maximum atomic E-state index is 3.00. The molecule has 0 amide bonds. The van der Waals surface area contributed by atoms with Gasteiger partial charge in [-0.25, -0.2) is 0 Å². The molecule has 75 valence electrons. The molecule has 0 saturated heterocycles. The van der Waals surface area contributed by atoms with E-state index in [2.05, 4.69) is 13.8 Å². The second-order valence-corrected chi connectivity index (χ2v) is 1.92. The van der Waals surface area contributed by atoms with Crippen molar-refractivity contribution in [2.24, 2.45) is 0 Å². The van der Waals surface area contributed by atoms with E-state index >= 15 is 0 Å². The van der Waals surface area contributed by atoms with E-state index in [4.69, 9.17) is 0 Å². The van der Waals surface area contributed by atoms with Gasteiger partial charge in [-0.15, -0.1) is 0 Å². The predicted molar refractivity (Wildman–Crippen MR) is 60.1 cm³/mol. The van der Waals surface area contributed by atoms with Gasteiger partial charge in [-0.2, -0.15) is 0 Å². The van der Waals surface area contributed by atoms with Crippen molar-refractivity contribution in [3.63, 3.8) is 0 Å². The zero-order chi connectivity index (χ0) is 9.07. The second kappa shape index (κ2) is 19.3. The van der Waals surface area contributed by atoms with Crippen molar-refractivity contribution in [1.29, 1.82) is 0 Å². The molecule has 0 bridgehead atoms. The molecule has 0 aromatic rings. The average molecular weight is 354 g/mol. The third-order valence-corrected chi connectivity index (χ3v) is 1.11. The van der Waals surface area contributed by atoms with Crippen LogP contribution in [0.4, 0.5) is 0 Å². The molecule has 0 spiro atoms. The summed E-state index contributed by atoms with van der Waals surface area (Å²) in [5.41, 5.74) is 0. The molecule has 13 radical (unpaired) electrons. The van der Waals surface area contributed by atoms with Gasteiger partial charge in [-0.05, 0) is 64.2 Å². The molecule has 0 N–H and O–H groups in total. The number of hydrogen-bond acceptors (Lipinski definition) is 0. The summed E-state index contributed by atoms with van der Waals surface area (Å²) in [7, 11) is 0. The summed E-state index contributed by atoms with van der Waals surface area (Å²) >= 11 is 0. The summed E-state index contributed by atoms with van der Waals surface area (Å²) < 4.78 is 0. The zero-order valence-corrected chi connectivity index (χ0v) is 11.8. The molecule has 2 aliphatic rings. The molecule has 0 aromatic carbocycles. The Hall–Kier alpha value is 0.740. The molecule has 0 heterocycles. The largest absolute Gasteiger partial charge is 0.358 e. The van der Waals surface area contributed by atoms with E-state index in [1.165, 1.54) is 0 Å². The third kappa shape index (κ3) is 15.2. The number of rotatable bonds is 0. The molecule has 0 atom stereocenters. The Kier molecular flexibility index (Phi) is 27.9. The summed E-state index contributed by atoms with van der Waals surface area (Å²) in [5, 5.41) is 0. The Morgan fingerprint density at radius 2 is 0.500 bits per heavy atom. The van der Waals surface area contributed by atoms with Crippen molar-refractivity contribution < 1.29 is 22.4 Å².